The van der Waals surface area contributed by atoms with Gasteiger partial charge < -0.3 is 5.73 Å². The van der Waals surface area contributed by atoms with Gasteiger partial charge in [-0.15, -0.1) is 0 Å². The maximum Gasteiger partial charge on any atom is 0.0136 e. The maximum absolute atomic E-state index is 5.68. The van der Waals surface area contributed by atoms with Crippen LogP contribution in [0.25, 0.3) is 0 Å². The van der Waals surface area contributed by atoms with Crippen molar-refractivity contribution in [1.29, 1.82) is 0 Å². The average Bonchev–Trinajstić information content (AvgIpc) is 2.40. The van der Waals surface area contributed by atoms with Crippen molar-refractivity contribution in [2.75, 3.05) is 6.54 Å². The highest BCUT2D eigenvalue weighted by Crippen LogP contribution is 2.29. The zero-order chi connectivity index (χ0) is 10.6. The van der Waals surface area contributed by atoms with Crippen molar-refractivity contribution in [3.63, 3.8) is 0 Å². The molecule has 2 N–H and O–H groups in total. The summed E-state index contributed by atoms with van der Waals surface area (Å²) >= 11 is 0. The molecular formula is C13H23N. The van der Waals surface area contributed by atoms with Gasteiger partial charge in [0.2, 0.25) is 0 Å². The van der Waals surface area contributed by atoms with Crippen molar-refractivity contribution < 1.29 is 0 Å². The molecule has 0 aliphatic heterocycles. The van der Waals surface area contributed by atoms with Crippen molar-refractivity contribution in [1.82, 2.24) is 0 Å². The SMILES string of the molecule is CC1=CCCC(/C(C)=C(\C)CN)CC1. The molecule has 1 aliphatic rings. The van der Waals surface area contributed by atoms with Gasteiger partial charge in [-0.25, -0.2) is 0 Å². The Morgan fingerprint density at radius 2 is 2.14 bits per heavy atom. The molecule has 0 saturated carbocycles. The van der Waals surface area contributed by atoms with E-state index in [2.05, 4.69) is 26.8 Å². The molecule has 0 bridgehead atoms. The standard InChI is InChI=1S/C13H23N/c1-10-5-4-6-13(8-7-10)12(3)11(2)9-14/h5,13H,4,6-9,14H2,1-3H3/b12-11+. The first kappa shape index (κ1) is 11.5. The second-order valence-corrected chi connectivity index (χ2v) is 4.53. The molecule has 0 heterocycles. The third-order valence-corrected chi connectivity index (χ3v) is 3.49. The van der Waals surface area contributed by atoms with E-state index in [0.717, 1.165) is 12.5 Å². The van der Waals surface area contributed by atoms with E-state index in [-0.39, 0.29) is 0 Å². The second kappa shape index (κ2) is 5.35. The fraction of sp³-hybridized carbons (Fsp3) is 0.692. The minimum atomic E-state index is 0.717. The highest BCUT2D eigenvalue weighted by atomic mass is 14.5. The summed E-state index contributed by atoms with van der Waals surface area (Å²) in [7, 11) is 0. The first-order valence-corrected chi connectivity index (χ1v) is 5.67. The number of hydrogen-bond acceptors (Lipinski definition) is 1. The Kier molecular flexibility index (Phi) is 4.40. The van der Waals surface area contributed by atoms with E-state index >= 15 is 0 Å². The van der Waals surface area contributed by atoms with Gasteiger partial charge in [-0.3, -0.25) is 0 Å². The monoisotopic (exact) mass is 193 g/mol. The Labute approximate surface area is 88.1 Å². The summed E-state index contributed by atoms with van der Waals surface area (Å²) in [4.78, 5) is 0. The van der Waals surface area contributed by atoms with Crippen LogP contribution in [0.2, 0.25) is 0 Å². The number of hydrogen-bond donors (Lipinski definition) is 1. The van der Waals surface area contributed by atoms with Crippen LogP contribution >= 0.6 is 0 Å². The Morgan fingerprint density at radius 3 is 2.79 bits per heavy atom. The second-order valence-electron chi connectivity index (χ2n) is 4.53. The maximum atomic E-state index is 5.68. The molecule has 0 amide bonds. The minimum Gasteiger partial charge on any atom is -0.327 e. The van der Waals surface area contributed by atoms with Crippen molar-refractivity contribution in [2.45, 2.75) is 46.5 Å². The zero-order valence-electron chi connectivity index (χ0n) is 9.77. The molecular weight excluding hydrogens is 170 g/mol. The van der Waals surface area contributed by atoms with Gasteiger partial charge in [0.1, 0.15) is 0 Å². The highest BCUT2D eigenvalue weighted by Gasteiger charge is 2.14. The molecule has 1 unspecified atom stereocenters. The Morgan fingerprint density at radius 1 is 1.43 bits per heavy atom. The van der Waals surface area contributed by atoms with Crippen LogP contribution < -0.4 is 5.73 Å². The lowest BCUT2D eigenvalue weighted by atomic mass is 9.89. The predicted octanol–water partition coefficient (Wildman–Crippen LogP) is 3.42. The summed E-state index contributed by atoms with van der Waals surface area (Å²) in [6, 6.07) is 0. The summed E-state index contributed by atoms with van der Waals surface area (Å²) in [5.74, 6) is 0.771. The molecule has 14 heavy (non-hydrogen) atoms. The van der Waals surface area contributed by atoms with Gasteiger partial charge >= 0.3 is 0 Å². The summed E-state index contributed by atoms with van der Waals surface area (Å²) in [6.07, 6.45) is 7.52. The first-order chi connectivity index (χ1) is 6.65. The summed E-state index contributed by atoms with van der Waals surface area (Å²) in [6.45, 7) is 7.39. The van der Waals surface area contributed by atoms with Crippen LogP contribution in [0.5, 0.6) is 0 Å². The van der Waals surface area contributed by atoms with Crippen LogP contribution in [-0.4, -0.2) is 6.54 Å². The lowest BCUT2D eigenvalue weighted by Gasteiger charge is -2.17. The third kappa shape index (κ3) is 2.98. The number of nitrogens with two attached hydrogens (primary N) is 1. The van der Waals surface area contributed by atoms with E-state index in [1.807, 2.05) is 0 Å². The Bertz CT molecular complexity index is 248. The van der Waals surface area contributed by atoms with Gasteiger partial charge in [-0.1, -0.05) is 22.8 Å². The lowest BCUT2D eigenvalue weighted by molar-refractivity contribution is 0.530. The van der Waals surface area contributed by atoms with Gasteiger partial charge in [0.15, 0.2) is 0 Å². The van der Waals surface area contributed by atoms with Crippen molar-refractivity contribution >= 4 is 0 Å². The first-order valence-electron chi connectivity index (χ1n) is 5.67. The van der Waals surface area contributed by atoms with Crippen LogP contribution in [0, 0.1) is 5.92 Å². The van der Waals surface area contributed by atoms with Crippen molar-refractivity contribution in [3.8, 4) is 0 Å². The lowest BCUT2D eigenvalue weighted by Crippen LogP contribution is -2.08. The molecule has 1 heteroatoms. The van der Waals surface area contributed by atoms with E-state index in [1.54, 1.807) is 5.57 Å². The minimum absolute atomic E-state index is 0.717. The van der Waals surface area contributed by atoms with E-state index in [9.17, 15) is 0 Å². The molecule has 1 rings (SSSR count). The zero-order valence-corrected chi connectivity index (χ0v) is 9.77. The van der Waals surface area contributed by atoms with Gasteiger partial charge in [0, 0.05) is 6.54 Å². The van der Waals surface area contributed by atoms with Crippen LogP contribution in [0.3, 0.4) is 0 Å². The quantitative estimate of drug-likeness (QED) is 0.668. The third-order valence-electron chi connectivity index (χ3n) is 3.49. The molecule has 0 spiro atoms. The predicted molar refractivity (Wildman–Crippen MR) is 63.1 cm³/mol. The van der Waals surface area contributed by atoms with Gasteiger partial charge in [0.25, 0.3) is 0 Å². The largest absolute Gasteiger partial charge is 0.327 e. The Hall–Kier alpha value is -0.560. The molecule has 1 aliphatic carbocycles. The molecule has 1 atom stereocenters. The normalized spacial score (nSPS) is 25.1. The van der Waals surface area contributed by atoms with Crippen LogP contribution in [0.15, 0.2) is 22.8 Å². The summed E-state index contributed by atoms with van der Waals surface area (Å²) in [5.41, 5.74) is 10.2. The molecule has 0 aromatic heterocycles. The Balaban J connectivity index is 2.63. The molecule has 1 nitrogen and oxygen atoms in total. The molecule has 0 aromatic carbocycles. The van der Waals surface area contributed by atoms with Gasteiger partial charge in [-0.05, 0) is 52.4 Å². The smallest absolute Gasteiger partial charge is 0.0136 e. The fourth-order valence-corrected chi connectivity index (χ4v) is 2.12. The highest BCUT2D eigenvalue weighted by molar-refractivity contribution is 5.16. The van der Waals surface area contributed by atoms with E-state index in [0.29, 0.717) is 0 Å². The van der Waals surface area contributed by atoms with Gasteiger partial charge in [0.05, 0.1) is 0 Å². The molecule has 80 valence electrons. The molecule has 0 fully saturated rings. The van der Waals surface area contributed by atoms with E-state index in [4.69, 9.17) is 5.73 Å². The van der Waals surface area contributed by atoms with Gasteiger partial charge in [-0.2, -0.15) is 0 Å². The van der Waals surface area contributed by atoms with Crippen LogP contribution in [0.1, 0.15) is 46.5 Å². The molecule has 0 aromatic rings. The topological polar surface area (TPSA) is 26.0 Å². The van der Waals surface area contributed by atoms with Crippen molar-refractivity contribution in [2.24, 2.45) is 11.7 Å². The van der Waals surface area contributed by atoms with E-state index < -0.39 is 0 Å². The van der Waals surface area contributed by atoms with Crippen molar-refractivity contribution in [3.05, 3.63) is 22.8 Å². The van der Waals surface area contributed by atoms with Crippen LogP contribution in [-0.2, 0) is 0 Å². The molecule has 0 saturated heterocycles. The number of allylic oxidation sites excluding steroid dienone is 3. The van der Waals surface area contributed by atoms with Crippen LogP contribution in [0.4, 0.5) is 0 Å². The summed E-state index contributed by atoms with van der Waals surface area (Å²) in [5, 5.41) is 0. The average molecular weight is 193 g/mol. The molecule has 0 radical (unpaired) electrons. The van der Waals surface area contributed by atoms with E-state index in [1.165, 1.54) is 36.8 Å². The fourth-order valence-electron chi connectivity index (χ4n) is 2.12. The number of rotatable bonds is 2. The summed E-state index contributed by atoms with van der Waals surface area (Å²) < 4.78 is 0.